The summed E-state index contributed by atoms with van der Waals surface area (Å²) in [4.78, 5) is 43.2. The van der Waals surface area contributed by atoms with E-state index in [4.69, 9.17) is 10.5 Å². The van der Waals surface area contributed by atoms with Crippen molar-refractivity contribution in [2.45, 2.75) is 50.6 Å². The molecule has 40 heavy (non-hydrogen) atoms. The molecule has 2 atom stereocenters. The Hall–Kier alpha value is -3.81. The lowest BCUT2D eigenvalue weighted by Gasteiger charge is -2.51. The molecular weight excluding hydrogens is 546 g/mol. The topological polar surface area (TPSA) is 96.2 Å². The molecule has 2 aromatic rings. The highest BCUT2D eigenvalue weighted by Crippen LogP contribution is 2.36. The van der Waals surface area contributed by atoms with Gasteiger partial charge in [-0.15, -0.1) is 0 Å². The van der Waals surface area contributed by atoms with Gasteiger partial charge in [-0.25, -0.2) is 4.79 Å². The highest BCUT2D eigenvalue weighted by molar-refractivity contribution is 5.90. The minimum atomic E-state index is -5.05. The molecule has 3 amide bonds. The van der Waals surface area contributed by atoms with Crippen LogP contribution in [0.3, 0.4) is 0 Å². The molecule has 8 nitrogen and oxygen atoms in total. The third kappa shape index (κ3) is 6.32. The van der Waals surface area contributed by atoms with Crippen molar-refractivity contribution in [3.05, 3.63) is 70.8 Å². The van der Waals surface area contributed by atoms with Crippen molar-refractivity contribution in [3.63, 3.8) is 0 Å². The summed E-state index contributed by atoms with van der Waals surface area (Å²) >= 11 is 0. The number of carbonyl (C=O) groups is 3. The monoisotopic (exact) mass is 572 g/mol. The van der Waals surface area contributed by atoms with E-state index in [0.717, 1.165) is 10.5 Å². The molecule has 0 bridgehead atoms. The lowest BCUT2D eigenvalue weighted by atomic mass is 10.0. The summed E-state index contributed by atoms with van der Waals surface area (Å²) < 4.78 is 84.4. The van der Waals surface area contributed by atoms with Crippen molar-refractivity contribution in [1.82, 2.24) is 14.7 Å². The highest BCUT2D eigenvalue weighted by Gasteiger charge is 2.49. The fraction of sp³-hybridized carbons (Fsp3) is 0.423. The Bertz CT molecular complexity index is 1220. The van der Waals surface area contributed by atoms with Gasteiger partial charge in [0.25, 0.3) is 0 Å². The summed E-state index contributed by atoms with van der Waals surface area (Å²) in [6, 6.07) is 8.99. The van der Waals surface area contributed by atoms with E-state index >= 15 is 0 Å². The molecule has 2 N–H and O–H groups in total. The van der Waals surface area contributed by atoms with Gasteiger partial charge in [0.1, 0.15) is 18.8 Å². The fourth-order valence-electron chi connectivity index (χ4n) is 4.91. The van der Waals surface area contributed by atoms with Crippen LogP contribution in [0.5, 0.6) is 0 Å². The van der Waals surface area contributed by atoms with E-state index < -0.39 is 54.0 Å². The quantitative estimate of drug-likeness (QED) is 0.529. The molecule has 2 saturated heterocycles. The number of piperazine rings is 1. The third-order valence-electron chi connectivity index (χ3n) is 6.75. The van der Waals surface area contributed by atoms with Crippen LogP contribution in [-0.4, -0.2) is 64.4 Å². The molecule has 0 aromatic heterocycles. The highest BCUT2D eigenvalue weighted by atomic mass is 19.4. The first-order valence-corrected chi connectivity index (χ1v) is 12.3. The maximum absolute atomic E-state index is 13.3. The largest absolute Gasteiger partial charge is 0.444 e. The Morgan fingerprint density at radius 3 is 2.15 bits per heavy atom. The molecule has 0 radical (unpaired) electrons. The lowest BCUT2D eigenvalue weighted by molar-refractivity contribution is -0.168. The number of nitrogens with two attached hydrogens (primary N) is 1. The number of hydrogen-bond acceptors (Lipinski definition) is 5. The summed E-state index contributed by atoms with van der Waals surface area (Å²) in [6.07, 6.45) is -12.1. The predicted octanol–water partition coefficient (Wildman–Crippen LogP) is 3.98. The van der Waals surface area contributed by atoms with Gasteiger partial charge in [-0.3, -0.25) is 14.5 Å². The molecule has 0 unspecified atom stereocenters. The van der Waals surface area contributed by atoms with Crippen molar-refractivity contribution in [1.29, 1.82) is 0 Å². The van der Waals surface area contributed by atoms with Gasteiger partial charge < -0.3 is 20.3 Å². The Morgan fingerprint density at radius 1 is 0.950 bits per heavy atom. The molecule has 2 aliphatic heterocycles. The lowest BCUT2D eigenvalue weighted by Crippen LogP contribution is -2.71. The molecule has 4 rings (SSSR count). The average molecular weight is 573 g/mol. The van der Waals surface area contributed by atoms with Gasteiger partial charge in [0.2, 0.25) is 11.8 Å². The third-order valence-corrected chi connectivity index (χ3v) is 6.75. The van der Waals surface area contributed by atoms with E-state index in [1.807, 2.05) is 0 Å². The van der Waals surface area contributed by atoms with Crippen LogP contribution in [0.1, 0.15) is 35.1 Å². The first-order valence-electron chi connectivity index (χ1n) is 12.3. The summed E-state index contributed by atoms with van der Waals surface area (Å²) in [5.41, 5.74) is 2.93. The van der Waals surface area contributed by atoms with Gasteiger partial charge >= 0.3 is 18.4 Å². The van der Waals surface area contributed by atoms with Crippen molar-refractivity contribution in [3.8, 4) is 0 Å². The molecule has 2 fully saturated rings. The zero-order valence-corrected chi connectivity index (χ0v) is 21.0. The number of ether oxygens (including phenoxy) is 1. The number of alkyl halides is 6. The summed E-state index contributed by atoms with van der Waals surface area (Å²) in [6.45, 7) is -0.794. The molecule has 2 heterocycles. The number of carbonyl (C=O) groups excluding carboxylic acids is 3. The minimum Gasteiger partial charge on any atom is -0.444 e. The van der Waals surface area contributed by atoms with Gasteiger partial charge in [-0.05, 0) is 42.3 Å². The van der Waals surface area contributed by atoms with Crippen LogP contribution in [0.15, 0.2) is 48.5 Å². The normalized spacial score (nSPS) is 20.0. The Morgan fingerprint density at radius 2 is 1.57 bits per heavy atom. The van der Waals surface area contributed by atoms with E-state index in [2.05, 4.69) is 0 Å². The van der Waals surface area contributed by atoms with Crippen LogP contribution in [0.25, 0.3) is 0 Å². The van der Waals surface area contributed by atoms with Crippen molar-refractivity contribution >= 4 is 17.9 Å². The molecule has 2 aliphatic rings. The zero-order chi connectivity index (χ0) is 29.2. The predicted molar refractivity (Wildman–Crippen MR) is 128 cm³/mol. The first kappa shape index (κ1) is 29.2. The Kier molecular flexibility index (Phi) is 8.28. The number of fused-ring (bicyclic) bond motifs is 1. The van der Waals surface area contributed by atoms with Gasteiger partial charge in [-0.1, -0.05) is 30.3 Å². The van der Waals surface area contributed by atoms with Gasteiger partial charge in [0, 0.05) is 19.5 Å². The smallest absolute Gasteiger partial charge is 0.416 e. The summed E-state index contributed by atoms with van der Waals surface area (Å²) in [5, 5.41) is 0. The van der Waals surface area contributed by atoms with Crippen molar-refractivity contribution in [2.75, 3.05) is 19.6 Å². The number of halogens is 6. The van der Waals surface area contributed by atoms with Crippen LogP contribution < -0.4 is 5.73 Å². The standard InChI is InChI=1S/C26H26F6N4O4/c27-25(28,29)18-10-17(11-19(12-18)26(30,31)32)15-40-24(39)35-9-7-22(37)36-20(6-8-33)23(38)34(14-21(35)36)13-16-4-2-1-3-5-16/h1-5,10-12,20-21H,6-9,13-15,33H2/t20-,21+/m0/s1. The van der Waals surface area contributed by atoms with Gasteiger partial charge in [0.15, 0.2) is 0 Å². The molecule has 14 heteroatoms. The second-order valence-corrected chi connectivity index (χ2v) is 9.49. The van der Waals surface area contributed by atoms with E-state index in [9.17, 15) is 40.7 Å². The SMILES string of the molecule is NCC[C@H]1C(=O)N(Cc2ccccc2)C[C@@H]2N(C(=O)OCc3cc(C(F)(F)F)cc(C(F)(F)F)c3)CCC(=O)N21. The first-order chi connectivity index (χ1) is 18.8. The average Bonchev–Trinajstić information content (AvgIpc) is 2.89. The molecule has 0 aliphatic carbocycles. The second-order valence-electron chi connectivity index (χ2n) is 9.49. The second kappa shape index (κ2) is 11.4. The molecule has 0 spiro atoms. The number of nitrogens with zero attached hydrogens (tertiary/aromatic N) is 3. The molecule has 0 saturated carbocycles. The Labute approximate surface area is 225 Å². The number of hydrogen-bond donors (Lipinski definition) is 1. The number of benzene rings is 2. The fourth-order valence-corrected chi connectivity index (χ4v) is 4.91. The summed E-state index contributed by atoms with van der Waals surface area (Å²) in [5.74, 6) is -0.731. The van der Waals surface area contributed by atoms with E-state index in [0.29, 0.717) is 12.1 Å². The van der Waals surface area contributed by atoms with E-state index in [-0.39, 0.29) is 56.9 Å². The van der Waals surface area contributed by atoms with Crippen LogP contribution in [-0.2, 0) is 39.8 Å². The molecular formula is C26H26F6N4O4. The maximum atomic E-state index is 13.3. The molecule has 216 valence electrons. The van der Waals surface area contributed by atoms with Gasteiger partial charge in [-0.2, -0.15) is 26.3 Å². The number of rotatable bonds is 6. The van der Waals surface area contributed by atoms with Gasteiger partial charge in [0.05, 0.1) is 17.7 Å². The van der Waals surface area contributed by atoms with E-state index in [1.54, 1.807) is 30.3 Å². The number of amides is 3. The van der Waals surface area contributed by atoms with Crippen molar-refractivity contribution < 1.29 is 45.5 Å². The van der Waals surface area contributed by atoms with Crippen LogP contribution in [0.4, 0.5) is 31.1 Å². The van der Waals surface area contributed by atoms with Crippen LogP contribution in [0.2, 0.25) is 0 Å². The minimum absolute atomic E-state index is 0.0165. The Balaban J connectivity index is 1.57. The zero-order valence-electron chi connectivity index (χ0n) is 21.0. The van der Waals surface area contributed by atoms with E-state index in [1.165, 1.54) is 9.80 Å². The molecule has 2 aromatic carbocycles. The van der Waals surface area contributed by atoms with Crippen molar-refractivity contribution in [2.24, 2.45) is 5.73 Å². The van der Waals surface area contributed by atoms with Crippen LogP contribution >= 0.6 is 0 Å². The summed E-state index contributed by atoms with van der Waals surface area (Å²) in [7, 11) is 0. The van der Waals surface area contributed by atoms with Crippen LogP contribution in [0, 0.1) is 0 Å². The maximum Gasteiger partial charge on any atom is 0.416 e.